The van der Waals surface area contributed by atoms with Crippen LogP contribution in [0.3, 0.4) is 0 Å². The van der Waals surface area contributed by atoms with E-state index in [4.69, 9.17) is 4.74 Å². The van der Waals surface area contributed by atoms with Gasteiger partial charge in [0.25, 0.3) is 0 Å². The highest BCUT2D eigenvalue weighted by Gasteiger charge is 2.21. The van der Waals surface area contributed by atoms with E-state index in [9.17, 15) is 0 Å². The predicted octanol–water partition coefficient (Wildman–Crippen LogP) is 3.89. The maximum atomic E-state index is 5.70. The van der Waals surface area contributed by atoms with E-state index < -0.39 is 0 Å². The van der Waals surface area contributed by atoms with Crippen LogP contribution >= 0.6 is 0 Å². The normalized spacial score (nSPS) is 17.2. The second kappa shape index (κ2) is 8.74. The van der Waals surface area contributed by atoms with E-state index in [-0.39, 0.29) is 0 Å². The van der Waals surface area contributed by atoms with Crippen LogP contribution in [-0.2, 0) is 6.42 Å². The van der Waals surface area contributed by atoms with Gasteiger partial charge in [-0.3, -0.25) is 0 Å². The van der Waals surface area contributed by atoms with Gasteiger partial charge in [-0.15, -0.1) is 0 Å². The largest absolute Gasteiger partial charge is 0.494 e. The van der Waals surface area contributed by atoms with E-state index in [0.29, 0.717) is 6.04 Å². The van der Waals surface area contributed by atoms with Crippen molar-refractivity contribution < 1.29 is 4.74 Å². The number of para-hydroxylation sites is 2. The molecule has 3 nitrogen and oxygen atoms in total. The van der Waals surface area contributed by atoms with Crippen molar-refractivity contribution in [3.05, 3.63) is 60.2 Å². The molecular formula is C21H28N2O. The van der Waals surface area contributed by atoms with E-state index in [1.165, 1.54) is 17.7 Å². The van der Waals surface area contributed by atoms with Gasteiger partial charge in [0.15, 0.2) is 0 Å². The van der Waals surface area contributed by atoms with Crippen molar-refractivity contribution in [1.29, 1.82) is 0 Å². The van der Waals surface area contributed by atoms with Crippen LogP contribution in [-0.4, -0.2) is 32.3 Å². The van der Waals surface area contributed by atoms with Crippen LogP contribution in [0, 0.1) is 0 Å². The van der Waals surface area contributed by atoms with Crippen LogP contribution in [0.1, 0.15) is 25.3 Å². The topological polar surface area (TPSA) is 24.5 Å². The first-order chi connectivity index (χ1) is 11.9. The van der Waals surface area contributed by atoms with Crippen LogP contribution in [0.2, 0.25) is 0 Å². The van der Waals surface area contributed by atoms with E-state index in [0.717, 1.165) is 44.8 Å². The van der Waals surface area contributed by atoms with Crippen LogP contribution in [0.4, 0.5) is 5.69 Å². The molecule has 2 aromatic rings. The van der Waals surface area contributed by atoms with Gasteiger partial charge in [0.2, 0.25) is 0 Å². The first-order valence-electron chi connectivity index (χ1n) is 9.11. The second-order valence-corrected chi connectivity index (χ2v) is 6.37. The molecule has 1 heterocycles. The molecule has 0 aromatic heterocycles. The Balaban J connectivity index is 1.40. The molecule has 24 heavy (non-hydrogen) atoms. The molecule has 1 atom stereocenters. The zero-order chi connectivity index (χ0) is 16.6. The first-order valence-corrected chi connectivity index (χ1v) is 9.11. The summed E-state index contributed by atoms with van der Waals surface area (Å²) in [7, 11) is 0. The fourth-order valence-corrected chi connectivity index (χ4v) is 3.39. The lowest BCUT2D eigenvalue weighted by Gasteiger charge is -2.19. The molecule has 0 saturated carbocycles. The molecule has 128 valence electrons. The van der Waals surface area contributed by atoms with Crippen LogP contribution in [0.15, 0.2) is 54.6 Å². The number of anilines is 1. The molecule has 3 rings (SSSR count). The molecule has 1 unspecified atom stereocenters. The Kier molecular flexibility index (Phi) is 6.13. The van der Waals surface area contributed by atoms with Gasteiger partial charge >= 0.3 is 0 Å². The Morgan fingerprint density at radius 1 is 1.08 bits per heavy atom. The van der Waals surface area contributed by atoms with E-state index in [2.05, 4.69) is 58.7 Å². The number of nitrogens with one attached hydrogen (secondary N) is 1. The van der Waals surface area contributed by atoms with Gasteiger partial charge in [0.1, 0.15) is 5.75 Å². The highest BCUT2D eigenvalue weighted by Crippen LogP contribution is 2.21. The van der Waals surface area contributed by atoms with Crippen LogP contribution in [0.5, 0.6) is 5.75 Å². The fraction of sp³-hybridized carbons (Fsp3) is 0.429. The number of rotatable bonds is 8. The van der Waals surface area contributed by atoms with Crippen LogP contribution < -0.4 is 15.0 Å². The summed E-state index contributed by atoms with van der Waals surface area (Å²) >= 11 is 0. The van der Waals surface area contributed by atoms with Gasteiger partial charge in [-0.1, -0.05) is 36.4 Å². The molecule has 0 amide bonds. The predicted molar refractivity (Wildman–Crippen MR) is 101 cm³/mol. The molecule has 1 aliphatic heterocycles. The molecule has 3 heteroatoms. The van der Waals surface area contributed by atoms with E-state index >= 15 is 0 Å². The third-order valence-corrected chi connectivity index (χ3v) is 4.64. The van der Waals surface area contributed by atoms with Crippen molar-refractivity contribution in [2.24, 2.45) is 0 Å². The quantitative estimate of drug-likeness (QED) is 0.746. The van der Waals surface area contributed by atoms with E-state index in [1.807, 2.05) is 13.0 Å². The maximum Gasteiger partial charge on any atom is 0.122 e. The third kappa shape index (κ3) is 4.51. The minimum absolute atomic E-state index is 0.604. The average Bonchev–Trinajstić information content (AvgIpc) is 3.10. The van der Waals surface area contributed by atoms with Crippen molar-refractivity contribution in [3.8, 4) is 5.75 Å². The van der Waals surface area contributed by atoms with Gasteiger partial charge in [-0.05, 0) is 56.5 Å². The highest BCUT2D eigenvalue weighted by atomic mass is 16.5. The van der Waals surface area contributed by atoms with Gasteiger partial charge in [-0.25, -0.2) is 0 Å². The average molecular weight is 324 g/mol. The minimum Gasteiger partial charge on any atom is -0.494 e. The third-order valence-electron chi connectivity index (χ3n) is 4.64. The van der Waals surface area contributed by atoms with Crippen molar-refractivity contribution >= 4 is 5.69 Å². The molecule has 0 aliphatic carbocycles. The first kappa shape index (κ1) is 16.8. The maximum absolute atomic E-state index is 5.70. The highest BCUT2D eigenvalue weighted by molar-refractivity contribution is 5.47. The van der Waals surface area contributed by atoms with Gasteiger partial charge in [-0.2, -0.15) is 0 Å². The summed E-state index contributed by atoms with van der Waals surface area (Å²) in [6.07, 6.45) is 3.44. The summed E-state index contributed by atoms with van der Waals surface area (Å²) in [5.41, 5.74) is 2.66. The standard InChI is InChI=1S/C21H28N2O/c1-2-24-21-13-7-6-9-18(21)10-8-15-22-19-14-16-23(17-19)20-11-4-3-5-12-20/h3-7,9,11-13,19,22H,2,8,10,14-17H2,1H3. The number of hydrogen-bond acceptors (Lipinski definition) is 3. The molecular weight excluding hydrogens is 296 g/mol. The smallest absolute Gasteiger partial charge is 0.122 e. The zero-order valence-corrected chi connectivity index (χ0v) is 14.6. The molecule has 0 bridgehead atoms. The van der Waals surface area contributed by atoms with Gasteiger partial charge in [0, 0.05) is 24.8 Å². The molecule has 1 saturated heterocycles. The minimum atomic E-state index is 0.604. The number of hydrogen-bond donors (Lipinski definition) is 1. The summed E-state index contributed by atoms with van der Waals surface area (Å²) in [6, 6.07) is 19.7. The summed E-state index contributed by atoms with van der Waals surface area (Å²) in [5, 5.41) is 3.72. The zero-order valence-electron chi connectivity index (χ0n) is 14.6. The number of nitrogens with zero attached hydrogens (tertiary/aromatic N) is 1. The monoisotopic (exact) mass is 324 g/mol. The summed E-state index contributed by atoms with van der Waals surface area (Å²) in [6.45, 7) is 6.09. The number of benzene rings is 2. The lowest BCUT2D eigenvalue weighted by atomic mass is 10.1. The van der Waals surface area contributed by atoms with Crippen LogP contribution in [0.25, 0.3) is 0 Å². The Morgan fingerprint density at radius 2 is 1.88 bits per heavy atom. The Hall–Kier alpha value is -2.00. The molecule has 2 aromatic carbocycles. The lowest BCUT2D eigenvalue weighted by molar-refractivity contribution is 0.336. The van der Waals surface area contributed by atoms with Crippen molar-refractivity contribution in [2.75, 3.05) is 31.1 Å². The SMILES string of the molecule is CCOc1ccccc1CCCNC1CCN(c2ccccc2)C1. The molecule has 1 aliphatic rings. The van der Waals surface area contributed by atoms with Crippen molar-refractivity contribution in [3.63, 3.8) is 0 Å². The Morgan fingerprint density at radius 3 is 2.71 bits per heavy atom. The molecule has 1 N–H and O–H groups in total. The molecule has 0 spiro atoms. The summed E-state index contributed by atoms with van der Waals surface area (Å²) in [4.78, 5) is 2.47. The Bertz CT molecular complexity index is 614. The lowest BCUT2D eigenvalue weighted by Crippen LogP contribution is -2.33. The number of ether oxygens (including phenoxy) is 1. The van der Waals surface area contributed by atoms with Crippen molar-refractivity contribution in [2.45, 2.75) is 32.2 Å². The van der Waals surface area contributed by atoms with E-state index in [1.54, 1.807) is 0 Å². The van der Waals surface area contributed by atoms with Gasteiger partial charge in [0.05, 0.1) is 6.61 Å². The summed E-state index contributed by atoms with van der Waals surface area (Å²) in [5.74, 6) is 1.04. The molecule has 0 radical (unpaired) electrons. The number of aryl methyl sites for hydroxylation is 1. The summed E-state index contributed by atoms with van der Waals surface area (Å²) < 4.78 is 5.70. The Labute approximate surface area is 145 Å². The van der Waals surface area contributed by atoms with Crippen molar-refractivity contribution in [1.82, 2.24) is 5.32 Å². The molecule has 1 fully saturated rings. The second-order valence-electron chi connectivity index (χ2n) is 6.37. The van der Waals surface area contributed by atoms with Gasteiger partial charge < -0.3 is 15.0 Å². The fourth-order valence-electron chi connectivity index (χ4n) is 3.39.